The predicted octanol–water partition coefficient (Wildman–Crippen LogP) is 2.96. The number of fused-ring (bicyclic) bond motifs is 1. The number of nitrogens with zero attached hydrogens (tertiary/aromatic N) is 1. The first-order valence-electron chi connectivity index (χ1n) is 6.67. The van der Waals surface area contributed by atoms with E-state index in [0.29, 0.717) is 10.8 Å². The van der Waals surface area contributed by atoms with Gasteiger partial charge in [0.05, 0.1) is 22.4 Å². The molecule has 1 atom stereocenters. The molecule has 4 nitrogen and oxygen atoms in total. The molecular weight excluding hydrogens is 292 g/mol. The molecule has 0 radical (unpaired) electrons. The maximum absolute atomic E-state index is 12.1. The lowest BCUT2D eigenvalue weighted by Crippen LogP contribution is -2.12. The van der Waals surface area contributed by atoms with E-state index in [9.17, 15) is 8.42 Å². The summed E-state index contributed by atoms with van der Waals surface area (Å²) in [6.45, 7) is 0. The van der Waals surface area contributed by atoms with Crippen molar-refractivity contribution >= 4 is 26.3 Å². The zero-order valence-corrected chi connectivity index (χ0v) is 12.4. The first-order chi connectivity index (χ1) is 9.63. The van der Waals surface area contributed by atoms with Gasteiger partial charge in [0.1, 0.15) is 0 Å². The zero-order chi connectivity index (χ0) is 13.7. The van der Waals surface area contributed by atoms with E-state index >= 15 is 0 Å². The van der Waals surface area contributed by atoms with Crippen molar-refractivity contribution in [3.05, 3.63) is 40.9 Å². The lowest BCUT2D eigenvalue weighted by atomic mass is 10.1. The molecule has 1 aliphatic carbocycles. The van der Waals surface area contributed by atoms with E-state index in [1.807, 2.05) is 12.1 Å². The van der Waals surface area contributed by atoms with Gasteiger partial charge < -0.3 is 5.32 Å². The third-order valence-corrected chi connectivity index (χ3v) is 6.44. The molecule has 2 heterocycles. The van der Waals surface area contributed by atoms with E-state index in [1.165, 1.54) is 12.8 Å². The van der Waals surface area contributed by atoms with E-state index in [2.05, 4.69) is 15.7 Å². The van der Waals surface area contributed by atoms with Crippen molar-refractivity contribution in [2.75, 3.05) is 11.1 Å². The highest BCUT2D eigenvalue weighted by molar-refractivity contribution is 7.91. The molecule has 4 rings (SSSR count). The summed E-state index contributed by atoms with van der Waals surface area (Å²) in [5.41, 5.74) is 2.00. The minimum Gasteiger partial charge on any atom is -0.354 e. The highest BCUT2D eigenvalue weighted by Crippen LogP contribution is 2.42. The molecule has 0 saturated heterocycles. The topological polar surface area (TPSA) is 59.1 Å². The average molecular weight is 306 g/mol. The van der Waals surface area contributed by atoms with Crippen LogP contribution in [0.1, 0.15) is 36.1 Å². The molecule has 1 aromatic carbocycles. The van der Waals surface area contributed by atoms with Crippen molar-refractivity contribution in [3.63, 3.8) is 0 Å². The number of sulfone groups is 1. The maximum atomic E-state index is 12.1. The molecule has 1 N–H and O–H groups in total. The van der Waals surface area contributed by atoms with Crippen LogP contribution in [0.25, 0.3) is 0 Å². The monoisotopic (exact) mass is 306 g/mol. The summed E-state index contributed by atoms with van der Waals surface area (Å²) in [5.74, 6) is 0.742. The van der Waals surface area contributed by atoms with Gasteiger partial charge in [-0.1, -0.05) is 18.2 Å². The van der Waals surface area contributed by atoms with Crippen LogP contribution >= 0.6 is 11.3 Å². The van der Waals surface area contributed by atoms with Crippen LogP contribution in [0, 0.1) is 0 Å². The Labute approximate surface area is 121 Å². The first kappa shape index (κ1) is 12.3. The number of hydrogen-bond acceptors (Lipinski definition) is 5. The van der Waals surface area contributed by atoms with Gasteiger partial charge in [-0.15, -0.1) is 11.3 Å². The SMILES string of the molecule is O=S1(=O)CC(Nc2nc(C3CC3)cs2)c2ccccc21. The Kier molecular flexibility index (Phi) is 2.65. The smallest absolute Gasteiger partial charge is 0.183 e. The molecule has 1 fully saturated rings. The standard InChI is InChI=1S/C14H14N2O2S2/c17-20(18)8-12(10-3-1-2-4-13(10)20)16-14-15-11(7-19-14)9-5-6-9/h1-4,7,9,12H,5-6,8H2,(H,15,16). The minimum absolute atomic E-state index is 0.116. The number of aromatic nitrogens is 1. The van der Waals surface area contributed by atoms with E-state index in [1.54, 1.807) is 23.5 Å². The van der Waals surface area contributed by atoms with E-state index < -0.39 is 9.84 Å². The van der Waals surface area contributed by atoms with Crippen LogP contribution < -0.4 is 5.32 Å². The van der Waals surface area contributed by atoms with Gasteiger partial charge in [0.2, 0.25) is 0 Å². The Morgan fingerprint density at radius 3 is 2.85 bits per heavy atom. The summed E-state index contributed by atoms with van der Waals surface area (Å²) in [5, 5.41) is 6.19. The lowest BCUT2D eigenvalue weighted by molar-refractivity contribution is 0.598. The summed E-state index contributed by atoms with van der Waals surface area (Å²) >= 11 is 1.56. The van der Waals surface area contributed by atoms with Crippen LogP contribution in [0.15, 0.2) is 34.5 Å². The van der Waals surface area contributed by atoms with E-state index in [0.717, 1.165) is 16.4 Å². The summed E-state index contributed by atoms with van der Waals surface area (Å²) in [7, 11) is -3.16. The lowest BCUT2D eigenvalue weighted by Gasteiger charge is -2.10. The minimum atomic E-state index is -3.16. The van der Waals surface area contributed by atoms with Crippen LogP contribution in [0.2, 0.25) is 0 Å². The Hall–Kier alpha value is -1.40. The van der Waals surface area contributed by atoms with Crippen molar-refractivity contribution in [2.24, 2.45) is 0 Å². The second-order valence-electron chi connectivity index (χ2n) is 5.37. The molecule has 1 aromatic heterocycles. The van der Waals surface area contributed by atoms with Crippen molar-refractivity contribution in [3.8, 4) is 0 Å². The second-order valence-corrected chi connectivity index (χ2v) is 8.23. The summed E-state index contributed by atoms with van der Waals surface area (Å²) in [4.78, 5) is 5.02. The van der Waals surface area contributed by atoms with Gasteiger partial charge >= 0.3 is 0 Å². The highest BCUT2D eigenvalue weighted by Gasteiger charge is 2.35. The molecule has 1 unspecified atom stereocenters. The number of thiazole rings is 1. The van der Waals surface area contributed by atoms with Gasteiger partial charge in [0, 0.05) is 11.3 Å². The Bertz CT molecular complexity index is 763. The molecular formula is C14H14N2O2S2. The summed E-state index contributed by atoms with van der Waals surface area (Å²) in [6.07, 6.45) is 2.45. The van der Waals surface area contributed by atoms with Gasteiger partial charge in [-0.2, -0.15) is 0 Å². The number of hydrogen-bond donors (Lipinski definition) is 1. The molecule has 0 bridgehead atoms. The molecule has 0 amide bonds. The maximum Gasteiger partial charge on any atom is 0.183 e. The number of rotatable bonds is 3. The third-order valence-electron chi connectivity index (χ3n) is 3.83. The number of anilines is 1. The largest absolute Gasteiger partial charge is 0.354 e. The fourth-order valence-electron chi connectivity index (χ4n) is 2.64. The Balaban J connectivity index is 1.63. The quantitative estimate of drug-likeness (QED) is 0.947. The van der Waals surface area contributed by atoms with Crippen LogP contribution in [0.4, 0.5) is 5.13 Å². The molecule has 1 aliphatic heterocycles. The molecule has 6 heteroatoms. The van der Waals surface area contributed by atoms with Crippen molar-refractivity contribution < 1.29 is 8.42 Å². The fraction of sp³-hybridized carbons (Fsp3) is 0.357. The number of benzene rings is 1. The van der Waals surface area contributed by atoms with Crippen molar-refractivity contribution in [2.45, 2.75) is 29.7 Å². The molecule has 0 spiro atoms. The van der Waals surface area contributed by atoms with Gasteiger partial charge in [-0.3, -0.25) is 0 Å². The highest BCUT2D eigenvalue weighted by atomic mass is 32.2. The Morgan fingerprint density at radius 2 is 2.05 bits per heavy atom. The number of nitrogens with one attached hydrogen (secondary N) is 1. The first-order valence-corrected chi connectivity index (χ1v) is 9.20. The molecule has 2 aliphatic rings. The third kappa shape index (κ3) is 2.03. The fourth-order valence-corrected chi connectivity index (χ4v) is 5.22. The zero-order valence-electron chi connectivity index (χ0n) is 10.7. The van der Waals surface area contributed by atoms with Crippen LogP contribution in [0.5, 0.6) is 0 Å². The second kappa shape index (κ2) is 4.30. The molecule has 104 valence electrons. The van der Waals surface area contributed by atoms with Crippen LogP contribution in [-0.4, -0.2) is 19.2 Å². The van der Waals surface area contributed by atoms with Crippen LogP contribution in [0.3, 0.4) is 0 Å². The van der Waals surface area contributed by atoms with Crippen molar-refractivity contribution in [1.29, 1.82) is 0 Å². The van der Waals surface area contributed by atoms with E-state index in [-0.39, 0.29) is 11.8 Å². The average Bonchev–Trinajstić information content (AvgIpc) is 3.12. The molecule has 20 heavy (non-hydrogen) atoms. The van der Waals surface area contributed by atoms with Gasteiger partial charge in [-0.25, -0.2) is 13.4 Å². The Morgan fingerprint density at radius 1 is 1.25 bits per heavy atom. The van der Waals surface area contributed by atoms with Crippen LogP contribution in [-0.2, 0) is 9.84 Å². The van der Waals surface area contributed by atoms with E-state index in [4.69, 9.17) is 0 Å². The normalized spacial score (nSPS) is 23.5. The predicted molar refractivity (Wildman–Crippen MR) is 78.9 cm³/mol. The van der Waals surface area contributed by atoms with Gasteiger partial charge in [0.15, 0.2) is 15.0 Å². The molecule has 2 aromatic rings. The van der Waals surface area contributed by atoms with Gasteiger partial charge in [-0.05, 0) is 24.5 Å². The molecule has 1 saturated carbocycles. The summed E-state index contributed by atoms with van der Waals surface area (Å²) in [6, 6.07) is 7.03. The summed E-state index contributed by atoms with van der Waals surface area (Å²) < 4.78 is 24.2. The van der Waals surface area contributed by atoms with Crippen molar-refractivity contribution in [1.82, 2.24) is 4.98 Å². The van der Waals surface area contributed by atoms with Gasteiger partial charge in [0.25, 0.3) is 0 Å².